The van der Waals surface area contributed by atoms with Gasteiger partial charge < -0.3 is 10.6 Å². The Balaban J connectivity index is 1.51. The van der Waals surface area contributed by atoms with Crippen molar-refractivity contribution in [2.45, 2.75) is 63.1 Å². The van der Waals surface area contributed by atoms with Gasteiger partial charge in [0, 0.05) is 17.8 Å². The van der Waals surface area contributed by atoms with E-state index in [9.17, 15) is 4.79 Å². The van der Waals surface area contributed by atoms with Crippen molar-refractivity contribution in [2.75, 3.05) is 11.5 Å². The van der Waals surface area contributed by atoms with E-state index < -0.39 is 0 Å². The number of thioether (sulfide) groups is 1. The molecule has 4 atom stereocenters. The highest BCUT2D eigenvalue weighted by atomic mass is 32.2. The van der Waals surface area contributed by atoms with E-state index in [1.165, 1.54) is 37.9 Å². The first-order valence-electron chi connectivity index (χ1n) is 7.47. The maximum Gasteiger partial charge on any atom is 0.237 e. The van der Waals surface area contributed by atoms with Crippen LogP contribution in [0.3, 0.4) is 0 Å². The summed E-state index contributed by atoms with van der Waals surface area (Å²) in [6.45, 7) is 0. The van der Waals surface area contributed by atoms with Crippen LogP contribution < -0.4 is 10.6 Å². The molecule has 2 aliphatic heterocycles. The third-order valence-corrected chi connectivity index (χ3v) is 5.91. The summed E-state index contributed by atoms with van der Waals surface area (Å²) in [5, 5.41) is 6.83. The third kappa shape index (κ3) is 2.85. The van der Waals surface area contributed by atoms with Gasteiger partial charge in [-0.05, 0) is 43.8 Å². The quantitative estimate of drug-likeness (QED) is 0.804. The maximum absolute atomic E-state index is 12.2. The van der Waals surface area contributed by atoms with Crippen molar-refractivity contribution < 1.29 is 4.79 Å². The molecule has 0 aromatic heterocycles. The molecule has 18 heavy (non-hydrogen) atoms. The lowest BCUT2D eigenvalue weighted by atomic mass is 9.77. The fraction of sp³-hybridized carbons (Fsp3) is 0.929. The Labute approximate surface area is 114 Å². The van der Waals surface area contributed by atoms with Gasteiger partial charge in [-0.1, -0.05) is 12.8 Å². The second-order valence-electron chi connectivity index (χ2n) is 6.02. The molecule has 2 saturated heterocycles. The lowest BCUT2D eigenvalue weighted by Gasteiger charge is -2.40. The molecule has 1 amide bonds. The van der Waals surface area contributed by atoms with Crippen LogP contribution >= 0.6 is 11.8 Å². The van der Waals surface area contributed by atoms with E-state index in [0.29, 0.717) is 12.1 Å². The number of hydrogen-bond donors (Lipinski definition) is 2. The Morgan fingerprint density at radius 3 is 2.83 bits per heavy atom. The smallest absolute Gasteiger partial charge is 0.237 e. The number of amides is 1. The molecule has 1 saturated carbocycles. The molecule has 3 nitrogen and oxygen atoms in total. The van der Waals surface area contributed by atoms with E-state index in [2.05, 4.69) is 10.6 Å². The van der Waals surface area contributed by atoms with Crippen LogP contribution in [-0.4, -0.2) is 35.5 Å². The van der Waals surface area contributed by atoms with Gasteiger partial charge in [-0.3, -0.25) is 4.79 Å². The van der Waals surface area contributed by atoms with Crippen molar-refractivity contribution in [2.24, 2.45) is 5.92 Å². The number of carbonyl (C=O) groups is 1. The van der Waals surface area contributed by atoms with Crippen molar-refractivity contribution >= 4 is 17.7 Å². The molecule has 102 valence electrons. The van der Waals surface area contributed by atoms with Crippen molar-refractivity contribution in [3.05, 3.63) is 0 Å². The SMILES string of the molecule is O=C(NC1CCSC1)C1CCC2CCCCC2N1. The van der Waals surface area contributed by atoms with Crippen LogP contribution in [0.2, 0.25) is 0 Å². The van der Waals surface area contributed by atoms with E-state index in [-0.39, 0.29) is 11.9 Å². The first-order valence-corrected chi connectivity index (χ1v) is 8.62. The second kappa shape index (κ2) is 5.83. The second-order valence-corrected chi connectivity index (χ2v) is 7.17. The van der Waals surface area contributed by atoms with Crippen LogP contribution in [0, 0.1) is 5.92 Å². The lowest BCUT2D eigenvalue weighted by Crippen LogP contribution is -2.56. The molecule has 2 N–H and O–H groups in total. The van der Waals surface area contributed by atoms with Gasteiger partial charge in [-0.2, -0.15) is 11.8 Å². The van der Waals surface area contributed by atoms with Crippen LogP contribution in [0.1, 0.15) is 44.9 Å². The zero-order valence-electron chi connectivity index (χ0n) is 11.0. The first-order chi connectivity index (χ1) is 8.83. The molecule has 0 aromatic carbocycles. The van der Waals surface area contributed by atoms with Crippen molar-refractivity contribution in [1.82, 2.24) is 10.6 Å². The normalized spacial score (nSPS) is 40.2. The van der Waals surface area contributed by atoms with Gasteiger partial charge in [-0.25, -0.2) is 0 Å². The van der Waals surface area contributed by atoms with Gasteiger partial charge in [0.2, 0.25) is 5.91 Å². The van der Waals surface area contributed by atoms with Crippen LogP contribution in [0.25, 0.3) is 0 Å². The lowest BCUT2D eigenvalue weighted by molar-refractivity contribution is -0.125. The number of carbonyl (C=O) groups excluding carboxylic acids is 1. The van der Waals surface area contributed by atoms with E-state index in [1.54, 1.807) is 0 Å². The largest absolute Gasteiger partial charge is 0.351 e. The number of fused-ring (bicyclic) bond motifs is 1. The van der Waals surface area contributed by atoms with Gasteiger partial charge in [0.05, 0.1) is 6.04 Å². The molecule has 0 radical (unpaired) electrons. The monoisotopic (exact) mass is 268 g/mol. The molecule has 3 aliphatic rings. The average Bonchev–Trinajstić information content (AvgIpc) is 2.91. The highest BCUT2D eigenvalue weighted by molar-refractivity contribution is 7.99. The van der Waals surface area contributed by atoms with Gasteiger partial charge in [0.1, 0.15) is 0 Å². The van der Waals surface area contributed by atoms with Crippen molar-refractivity contribution in [3.63, 3.8) is 0 Å². The molecule has 0 aromatic rings. The Bertz CT molecular complexity index is 304. The topological polar surface area (TPSA) is 41.1 Å². The van der Waals surface area contributed by atoms with Crippen LogP contribution in [0.4, 0.5) is 0 Å². The summed E-state index contributed by atoms with van der Waals surface area (Å²) in [5.41, 5.74) is 0. The van der Waals surface area contributed by atoms with E-state index in [1.807, 2.05) is 11.8 Å². The van der Waals surface area contributed by atoms with E-state index in [0.717, 1.165) is 24.5 Å². The minimum atomic E-state index is 0.0787. The predicted octanol–water partition coefficient (Wildman–Crippen LogP) is 1.92. The summed E-state index contributed by atoms with van der Waals surface area (Å²) in [6, 6.07) is 1.12. The standard InChI is InChI=1S/C14H24N2OS/c17-14(15-11-7-8-18-9-11)13-6-5-10-3-1-2-4-12(10)16-13/h10-13,16H,1-9H2,(H,15,17). The highest BCUT2D eigenvalue weighted by Gasteiger charge is 2.35. The van der Waals surface area contributed by atoms with Gasteiger partial charge in [-0.15, -0.1) is 0 Å². The summed E-state index contributed by atoms with van der Waals surface area (Å²) in [6.07, 6.45) is 8.79. The molecule has 2 heterocycles. The average molecular weight is 268 g/mol. The number of piperidine rings is 1. The van der Waals surface area contributed by atoms with Crippen molar-refractivity contribution in [1.29, 1.82) is 0 Å². The molecule has 1 aliphatic carbocycles. The minimum Gasteiger partial charge on any atom is -0.351 e. The number of nitrogens with one attached hydrogen (secondary N) is 2. The van der Waals surface area contributed by atoms with Crippen LogP contribution in [0.15, 0.2) is 0 Å². The summed E-state index contributed by atoms with van der Waals surface area (Å²) < 4.78 is 0. The summed E-state index contributed by atoms with van der Waals surface area (Å²) in [7, 11) is 0. The predicted molar refractivity (Wildman–Crippen MR) is 75.8 cm³/mol. The zero-order chi connectivity index (χ0) is 12.4. The Kier molecular flexibility index (Phi) is 4.14. The molecule has 3 fully saturated rings. The summed E-state index contributed by atoms with van der Waals surface area (Å²) >= 11 is 1.95. The Morgan fingerprint density at radius 1 is 1.11 bits per heavy atom. The Morgan fingerprint density at radius 2 is 2.00 bits per heavy atom. The molecular weight excluding hydrogens is 244 g/mol. The minimum absolute atomic E-state index is 0.0787. The highest BCUT2D eigenvalue weighted by Crippen LogP contribution is 2.32. The summed E-state index contributed by atoms with van der Waals surface area (Å²) in [4.78, 5) is 12.2. The molecular formula is C14H24N2OS. The fourth-order valence-corrected chi connectivity index (χ4v) is 4.80. The van der Waals surface area contributed by atoms with E-state index in [4.69, 9.17) is 0 Å². The summed E-state index contributed by atoms with van der Waals surface area (Å²) in [5.74, 6) is 3.40. The number of rotatable bonds is 2. The fourth-order valence-electron chi connectivity index (χ4n) is 3.65. The van der Waals surface area contributed by atoms with Gasteiger partial charge in [0.25, 0.3) is 0 Å². The molecule has 4 heteroatoms. The third-order valence-electron chi connectivity index (χ3n) is 4.74. The van der Waals surface area contributed by atoms with Gasteiger partial charge in [0.15, 0.2) is 0 Å². The zero-order valence-corrected chi connectivity index (χ0v) is 11.8. The van der Waals surface area contributed by atoms with Gasteiger partial charge >= 0.3 is 0 Å². The first kappa shape index (κ1) is 12.8. The molecule has 3 rings (SSSR count). The van der Waals surface area contributed by atoms with Crippen LogP contribution in [-0.2, 0) is 4.79 Å². The maximum atomic E-state index is 12.2. The molecule has 0 bridgehead atoms. The molecule has 4 unspecified atom stereocenters. The van der Waals surface area contributed by atoms with Crippen molar-refractivity contribution in [3.8, 4) is 0 Å². The molecule has 0 spiro atoms. The van der Waals surface area contributed by atoms with Crippen LogP contribution in [0.5, 0.6) is 0 Å². The van der Waals surface area contributed by atoms with E-state index >= 15 is 0 Å². The Hall–Kier alpha value is -0.220. The number of hydrogen-bond acceptors (Lipinski definition) is 3.